The molecule has 66 valence electrons. The molecule has 0 radical (unpaired) electrons. The van der Waals surface area contributed by atoms with Gasteiger partial charge in [-0.2, -0.15) is 0 Å². The van der Waals surface area contributed by atoms with Crippen LogP contribution in [0.3, 0.4) is 0 Å². The van der Waals surface area contributed by atoms with Crippen LogP contribution in [-0.4, -0.2) is 9.45 Å². The van der Waals surface area contributed by atoms with Crippen molar-refractivity contribution in [1.82, 2.24) is 0 Å². The van der Waals surface area contributed by atoms with Crippen LogP contribution in [-0.2, 0) is 0 Å². The van der Waals surface area contributed by atoms with Crippen LogP contribution in [0.15, 0.2) is 23.8 Å². The van der Waals surface area contributed by atoms with Gasteiger partial charge in [0.05, 0.1) is 4.20 Å². The maximum atomic E-state index is 5.29. The molecule has 0 aliphatic heterocycles. The fraction of sp³-hybridized carbons (Fsp3) is 0.500. The maximum absolute atomic E-state index is 5.29. The molecule has 0 aromatic heterocycles. The van der Waals surface area contributed by atoms with Gasteiger partial charge in [-0.3, -0.25) is 0 Å². The van der Waals surface area contributed by atoms with Crippen molar-refractivity contribution in [2.24, 2.45) is 0 Å². The lowest BCUT2D eigenvalue weighted by atomic mass is 10.1. The highest BCUT2D eigenvalue weighted by Gasteiger charge is 2.06. The Labute approximate surface area is 84.1 Å². The van der Waals surface area contributed by atoms with Crippen molar-refractivity contribution in [2.75, 3.05) is 0 Å². The van der Waals surface area contributed by atoms with Crippen LogP contribution in [0, 0.1) is 0 Å². The van der Waals surface area contributed by atoms with Gasteiger partial charge in [0.2, 0.25) is 0 Å². The summed E-state index contributed by atoms with van der Waals surface area (Å²) in [7, 11) is 0. The Morgan fingerprint density at radius 1 is 1.50 bits per heavy atom. The van der Waals surface area contributed by atoms with E-state index in [4.69, 9.17) is 12.2 Å². The van der Waals surface area contributed by atoms with E-state index in [2.05, 4.69) is 32.1 Å². The van der Waals surface area contributed by atoms with Gasteiger partial charge in [-0.25, -0.2) is 0 Å². The topological polar surface area (TPSA) is 0 Å². The largest absolute Gasteiger partial charge is 0.111 e. The summed E-state index contributed by atoms with van der Waals surface area (Å²) in [6.45, 7) is 4.34. The quantitative estimate of drug-likeness (QED) is 0.620. The van der Waals surface area contributed by atoms with Gasteiger partial charge in [-0.05, 0) is 18.4 Å². The van der Waals surface area contributed by atoms with Crippen molar-refractivity contribution in [3.05, 3.63) is 23.8 Å². The number of thiocarbonyl (C=S) groups is 1. The Morgan fingerprint density at radius 2 is 2.25 bits per heavy atom. The zero-order chi connectivity index (χ0) is 8.97. The zero-order valence-corrected chi connectivity index (χ0v) is 9.17. The number of rotatable bonds is 2. The van der Waals surface area contributed by atoms with Gasteiger partial charge in [-0.15, -0.1) is 11.8 Å². The first-order chi connectivity index (χ1) is 5.70. The summed E-state index contributed by atoms with van der Waals surface area (Å²) >= 11 is 7.07. The van der Waals surface area contributed by atoms with E-state index in [-0.39, 0.29) is 0 Å². The Morgan fingerprint density at radius 3 is 2.75 bits per heavy atom. The van der Waals surface area contributed by atoms with Crippen LogP contribution in [0.25, 0.3) is 0 Å². The van der Waals surface area contributed by atoms with E-state index < -0.39 is 0 Å². The summed E-state index contributed by atoms with van der Waals surface area (Å²) < 4.78 is 1.04. The van der Waals surface area contributed by atoms with E-state index in [0.29, 0.717) is 5.25 Å². The summed E-state index contributed by atoms with van der Waals surface area (Å²) in [6.07, 6.45) is 8.88. The van der Waals surface area contributed by atoms with E-state index >= 15 is 0 Å². The fourth-order valence-electron chi connectivity index (χ4n) is 1.05. The molecule has 0 nitrogen and oxygen atoms in total. The molecule has 1 aliphatic carbocycles. The van der Waals surface area contributed by atoms with E-state index in [1.807, 2.05) is 0 Å². The number of allylic oxidation sites excluding steroid dienone is 3. The smallest absolute Gasteiger partial charge is 0.0777 e. The lowest BCUT2D eigenvalue weighted by molar-refractivity contribution is 1.03. The second-order valence-corrected chi connectivity index (χ2v) is 5.35. The molecule has 1 rings (SSSR count). The Balaban J connectivity index is 2.52. The van der Waals surface area contributed by atoms with Crippen LogP contribution in [0.4, 0.5) is 0 Å². The SMILES string of the molecule is CC(C)SC(=S)C1=CCCC=C1. The Kier molecular flexibility index (Phi) is 4.02. The van der Waals surface area contributed by atoms with E-state index in [1.165, 1.54) is 12.0 Å². The normalized spacial score (nSPS) is 16.4. The Hall–Kier alpha value is -0.0800. The first-order valence-corrected chi connectivity index (χ1v) is 5.56. The molecule has 0 N–H and O–H groups in total. The number of thioether (sulfide) groups is 1. The summed E-state index contributed by atoms with van der Waals surface area (Å²) in [6, 6.07) is 0. The standard InChI is InChI=1S/C10H14S2/c1-8(2)12-10(11)9-6-4-3-5-7-9/h4,6-8H,3,5H2,1-2H3. The molecule has 0 atom stereocenters. The third-order valence-electron chi connectivity index (χ3n) is 1.57. The number of hydrogen-bond acceptors (Lipinski definition) is 2. The molecule has 0 heterocycles. The van der Waals surface area contributed by atoms with Crippen LogP contribution < -0.4 is 0 Å². The van der Waals surface area contributed by atoms with Gasteiger partial charge >= 0.3 is 0 Å². The molecule has 0 amide bonds. The van der Waals surface area contributed by atoms with Crippen molar-refractivity contribution in [3.8, 4) is 0 Å². The van der Waals surface area contributed by atoms with Crippen molar-refractivity contribution >= 4 is 28.2 Å². The van der Waals surface area contributed by atoms with Gasteiger partial charge in [0, 0.05) is 5.25 Å². The third kappa shape index (κ3) is 3.11. The second kappa shape index (κ2) is 4.83. The van der Waals surface area contributed by atoms with Crippen LogP contribution in [0.1, 0.15) is 26.7 Å². The van der Waals surface area contributed by atoms with Gasteiger partial charge in [0.15, 0.2) is 0 Å². The van der Waals surface area contributed by atoms with Crippen LogP contribution in [0.2, 0.25) is 0 Å². The summed E-state index contributed by atoms with van der Waals surface area (Å²) in [5.41, 5.74) is 1.25. The van der Waals surface area contributed by atoms with Gasteiger partial charge in [-0.1, -0.05) is 44.3 Å². The van der Waals surface area contributed by atoms with E-state index in [9.17, 15) is 0 Å². The molecule has 1 aliphatic rings. The minimum Gasteiger partial charge on any atom is -0.111 e. The number of hydrogen-bond donors (Lipinski definition) is 0. The van der Waals surface area contributed by atoms with Crippen molar-refractivity contribution in [2.45, 2.75) is 31.9 Å². The molecule has 0 saturated heterocycles. The van der Waals surface area contributed by atoms with Gasteiger partial charge < -0.3 is 0 Å². The molecule has 12 heavy (non-hydrogen) atoms. The molecule has 0 spiro atoms. The highest BCUT2D eigenvalue weighted by atomic mass is 32.2. The summed E-state index contributed by atoms with van der Waals surface area (Å²) in [5.74, 6) is 0. The molecule has 2 heteroatoms. The first-order valence-electron chi connectivity index (χ1n) is 4.28. The highest BCUT2D eigenvalue weighted by molar-refractivity contribution is 8.24. The lowest BCUT2D eigenvalue weighted by Crippen LogP contribution is -1.99. The monoisotopic (exact) mass is 198 g/mol. The molecular weight excluding hydrogens is 184 g/mol. The summed E-state index contributed by atoms with van der Waals surface area (Å²) in [4.78, 5) is 0. The molecule has 0 bridgehead atoms. The third-order valence-corrected chi connectivity index (χ3v) is 3.02. The molecular formula is C10H14S2. The van der Waals surface area contributed by atoms with Gasteiger partial charge in [0.1, 0.15) is 0 Å². The molecule has 0 aromatic rings. The first kappa shape index (κ1) is 10.0. The van der Waals surface area contributed by atoms with Gasteiger partial charge in [0.25, 0.3) is 0 Å². The van der Waals surface area contributed by atoms with Crippen LogP contribution >= 0.6 is 24.0 Å². The minimum atomic E-state index is 0.591. The maximum Gasteiger partial charge on any atom is 0.0777 e. The molecule has 0 unspecified atom stereocenters. The predicted octanol–water partition coefficient (Wildman–Crippen LogP) is 3.73. The second-order valence-electron chi connectivity index (χ2n) is 3.09. The average molecular weight is 198 g/mol. The lowest BCUT2D eigenvalue weighted by Gasteiger charge is -2.09. The Bertz CT molecular complexity index is 224. The molecule has 0 fully saturated rings. The minimum absolute atomic E-state index is 0.591. The zero-order valence-electron chi connectivity index (χ0n) is 7.54. The van der Waals surface area contributed by atoms with Crippen molar-refractivity contribution < 1.29 is 0 Å². The molecule has 0 saturated carbocycles. The summed E-state index contributed by atoms with van der Waals surface area (Å²) in [5, 5.41) is 0.591. The molecule has 0 aromatic carbocycles. The fourth-order valence-corrected chi connectivity index (χ4v) is 2.49. The van der Waals surface area contributed by atoms with Crippen LogP contribution in [0.5, 0.6) is 0 Å². The predicted molar refractivity (Wildman–Crippen MR) is 61.8 cm³/mol. The van der Waals surface area contributed by atoms with Crippen molar-refractivity contribution in [1.29, 1.82) is 0 Å². The van der Waals surface area contributed by atoms with E-state index in [1.54, 1.807) is 11.8 Å². The van der Waals surface area contributed by atoms with Crippen molar-refractivity contribution in [3.63, 3.8) is 0 Å². The van der Waals surface area contributed by atoms with E-state index in [0.717, 1.165) is 10.6 Å². The highest BCUT2D eigenvalue weighted by Crippen LogP contribution is 2.21. The average Bonchev–Trinajstić information content (AvgIpc) is 2.05.